The molecule has 0 spiro atoms. The summed E-state index contributed by atoms with van der Waals surface area (Å²) in [6.07, 6.45) is 4.18. The standard InChI is InChI=1S/C15H19FN2O2/c16-13-7-5-12(6-8-13)15(20)18-10-9-17-14(19)11-3-1-2-4-11/h5-8,11H,1-4,9-10H2,(H,17,19)(H,18,20). The highest BCUT2D eigenvalue weighted by molar-refractivity contribution is 5.94. The zero-order valence-electron chi connectivity index (χ0n) is 11.3. The van der Waals surface area contributed by atoms with Crippen LogP contribution in [0.15, 0.2) is 24.3 Å². The molecule has 0 aliphatic heterocycles. The molecule has 2 amide bonds. The summed E-state index contributed by atoms with van der Waals surface area (Å²) in [5, 5.41) is 5.52. The quantitative estimate of drug-likeness (QED) is 0.808. The molecule has 0 bridgehead atoms. The molecule has 5 heteroatoms. The van der Waals surface area contributed by atoms with Gasteiger partial charge in [-0.25, -0.2) is 4.39 Å². The Kier molecular flexibility index (Phi) is 5.09. The Bertz CT molecular complexity index is 467. The molecule has 1 aromatic rings. The van der Waals surface area contributed by atoms with Crippen LogP contribution in [-0.2, 0) is 4.79 Å². The molecule has 2 rings (SSSR count). The van der Waals surface area contributed by atoms with Gasteiger partial charge in [0, 0.05) is 24.6 Å². The van der Waals surface area contributed by atoms with E-state index in [1.54, 1.807) is 0 Å². The summed E-state index contributed by atoms with van der Waals surface area (Å²) < 4.78 is 12.7. The van der Waals surface area contributed by atoms with Crippen molar-refractivity contribution in [2.75, 3.05) is 13.1 Å². The van der Waals surface area contributed by atoms with Crippen molar-refractivity contribution in [1.82, 2.24) is 10.6 Å². The monoisotopic (exact) mass is 278 g/mol. The average Bonchev–Trinajstić information content (AvgIpc) is 2.98. The fraction of sp³-hybridized carbons (Fsp3) is 0.467. The molecule has 0 radical (unpaired) electrons. The van der Waals surface area contributed by atoms with Crippen molar-refractivity contribution in [3.05, 3.63) is 35.6 Å². The Morgan fingerprint density at radius 1 is 1.05 bits per heavy atom. The zero-order chi connectivity index (χ0) is 14.4. The molecule has 1 fully saturated rings. The van der Waals surface area contributed by atoms with Crippen molar-refractivity contribution >= 4 is 11.8 Å². The van der Waals surface area contributed by atoms with Crippen molar-refractivity contribution < 1.29 is 14.0 Å². The van der Waals surface area contributed by atoms with Gasteiger partial charge in [0.25, 0.3) is 5.91 Å². The summed E-state index contributed by atoms with van der Waals surface area (Å²) in [5.41, 5.74) is 0.411. The molecule has 2 N–H and O–H groups in total. The van der Waals surface area contributed by atoms with E-state index in [1.165, 1.54) is 24.3 Å². The van der Waals surface area contributed by atoms with Crippen molar-refractivity contribution in [1.29, 1.82) is 0 Å². The van der Waals surface area contributed by atoms with Crippen LogP contribution in [-0.4, -0.2) is 24.9 Å². The van der Waals surface area contributed by atoms with E-state index >= 15 is 0 Å². The minimum atomic E-state index is -0.370. The largest absolute Gasteiger partial charge is 0.354 e. The number of amides is 2. The lowest BCUT2D eigenvalue weighted by molar-refractivity contribution is -0.124. The van der Waals surface area contributed by atoms with Crippen molar-refractivity contribution in [3.8, 4) is 0 Å². The number of hydrogen-bond acceptors (Lipinski definition) is 2. The minimum Gasteiger partial charge on any atom is -0.354 e. The second kappa shape index (κ2) is 7.03. The second-order valence-corrected chi connectivity index (χ2v) is 5.04. The lowest BCUT2D eigenvalue weighted by Crippen LogP contribution is -2.37. The third-order valence-corrected chi connectivity index (χ3v) is 3.54. The van der Waals surface area contributed by atoms with E-state index in [0.717, 1.165) is 25.7 Å². The van der Waals surface area contributed by atoms with Gasteiger partial charge in [0.15, 0.2) is 0 Å². The maximum Gasteiger partial charge on any atom is 0.251 e. The number of benzene rings is 1. The Morgan fingerprint density at radius 3 is 2.30 bits per heavy atom. The molecule has 0 atom stereocenters. The first-order chi connectivity index (χ1) is 9.66. The molecule has 4 nitrogen and oxygen atoms in total. The van der Waals surface area contributed by atoms with Crippen LogP contribution >= 0.6 is 0 Å². The minimum absolute atomic E-state index is 0.0820. The van der Waals surface area contributed by atoms with Crippen LogP contribution < -0.4 is 10.6 Å². The van der Waals surface area contributed by atoms with Gasteiger partial charge in [-0.1, -0.05) is 12.8 Å². The lowest BCUT2D eigenvalue weighted by Gasteiger charge is -2.10. The SMILES string of the molecule is O=C(NCCNC(=O)C1CCCC1)c1ccc(F)cc1. The van der Waals surface area contributed by atoms with E-state index in [1.807, 2.05) is 0 Å². The molecular weight excluding hydrogens is 259 g/mol. The summed E-state index contributed by atoms with van der Waals surface area (Å²) in [6.45, 7) is 0.789. The van der Waals surface area contributed by atoms with Crippen LogP contribution in [0.1, 0.15) is 36.0 Å². The Balaban J connectivity index is 1.66. The van der Waals surface area contributed by atoms with E-state index < -0.39 is 0 Å². The Morgan fingerprint density at radius 2 is 1.65 bits per heavy atom. The van der Waals surface area contributed by atoms with Gasteiger partial charge in [0.2, 0.25) is 5.91 Å². The number of carbonyl (C=O) groups excluding carboxylic acids is 2. The number of halogens is 1. The predicted molar refractivity (Wildman–Crippen MR) is 73.7 cm³/mol. The van der Waals surface area contributed by atoms with Crippen LogP contribution in [0, 0.1) is 11.7 Å². The fourth-order valence-electron chi connectivity index (χ4n) is 2.40. The molecule has 0 unspecified atom stereocenters. The van der Waals surface area contributed by atoms with Gasteiger partial charge in [-0.05, 0) is 37.1 Å². The first-order valence-electron chi connectivity index (χ1n) is 6.98. The summed E-state index contributed by atoms with van der Waals surface area (Å²) in [6, 6.07) is 5.36. The second-order valence-electron chi connectivity index (χ2n) is 5.04. The van der Waals surface area contributed by atoms with Crippen LogP contribution in [0.25, 0.3) is 0 Å². The molecular formula is C15H19FN2O2. The van der Waals surface area contributed by atoms with Crippen molar-refractivity contribution in [2.45, 2.75) is 25.7 Å². The summed E-state index contributed by atoms with van der Waals surface area (Å²) in [5.74, 6) is -0.410. The normalized spacial score (nSPS) is 15.1. The Labute approximate surface area is 117 Å². The molecule has 0 heterocycles. The van der Waals surface area contributed by atoms with E-state index in [9.17, 15) is 14.0 Å². The van der Waals surface area contributed by atoms with E-state index in [0.29, 0.717) is 18.7 Å². The third kappa shape index (κ3) is 4.05. The molecule has 0 saturated heterocycles. The number of rotatable bonds is 5. The van der Waals surface area contributed by atoms with Gasteiger partial charge in [0.05, 0.1) is 0 Å². The summed E-state index contributed by atoms with van der Waals surface area (Å²) in [7, 11) is 0. The van der Waals surface area contributed by atoms with Crippen LogP contribution in [0.4, 0.5) is 4.39 Å². The highest BCUT2D eigenvalue weighted by Crippen LogP contribution is 2.24. The van der Waals surface area contributed by atoms with Crippen LogP contribution in [0.5, 0.6) is 0 Å². The predicted octanol–water partition coefficient (Wildman–Crippen LogP) is 1.86. The topological polar surface area (TPSA) is 58.2 Å². The highest BCUT2D eigenvalue weighted by Gasteiger charge is 2.21. The molecule has 1 aliphatic carbocycles. The van der Waals surface area contributed by atoms with Gasteiger partial charge in [-0.2, -0.15) is 0 Å². The lowest BCUT2D eigenvalue weighted by atomic mass is 10.1. The number of hydrogen-bond donors (Lipinski definition) is 2. The maximum atomic E-state index is 12.7. The van der Waals surface area contributed by atoms with Gasteiger partial charge in [0.1, 0.15) is 5.82 Å². The van der Waals surface area contributed by atoms with E-state index in [2.05, 4.69) is 10.6 Å². The average molecular weight is 278 g/mol. The first kappa shape index (κ1) is 14.5. The van der Waals surface area contributed by atoms with Gasteiger partial charge in [-0.15, -0.1) is 0 Å². The number of carbonyl (C=O) groups is 2. The van der Waals surface area contributed by atoms with Gasteiger partial charge >= 0.3 is 0 Å². The van der Waals surface area contributed by atoms with Crippen LogP contribution in [0.3, 0.4) is 0 Å². The number of nitrogens with one attached hydrogen (secondary N) is 2. The Hall–Kier alpha value is -1.91. The smallest absolute Gasteiger partial charge is 0.251 e. The molecule has 1 aliphatic rings. The van der Waals surface area contributed by atoms with Crippen LogP contribution in [0.2, 0.25) is 0 Å². The van der Waals surface area contributed by atoms with Gasteiger partial charge < -0.3 is 10.6 Å². The molecule has 0 aromatic heterocycles. The van der Waals surface area contributed by atoms with E-state index in [-0.39, 0.29) is 23.5 Å². The summed E-state index contributed by atoms with van der Waals surface area (Å²) in [4.78, 5) is 23.4. The summed E-state index contributed by atoms with van der Waals surface area (Å²) >= 11 is 0. The first-order valence-corrected chi connectivity index (χ1v) is 6.98. The van der Waals surface area contributed by atoms with E-state index in [4.69, 9.17) is 0 Å². The van der Waals surface area contributed by atoms with Gasteiger partial charge in [-0.3, -0.25) is 9.59 Å². The highest BCUT2D eigenvalue weighted by atomic mass is 19.1. The third-order valence-electron chi connectivity index (χ3n) is 3.54. The van der Waals surface area contributed by atoms with Crippen molar-refractivity contribution in [3.63, 3.8) is 0 Å². The molecule has 108 valence electrons. The van der Waals surface area contributed by atoms with Crippen molar-refractivity contribution in [2.24, 2.45) is 5.92 Å². The zero-order valence-corrected chi connectivity index (χ0v) is 11.3. The fourth-order valence-corrected chi connectivity index (χ4v) is 2.40. The maximum absolute atomic E-state index is 12.7. The molecule has 1 aromatic carbocycles. The molecule has 1 saturated carbocycles. The molecule has 20 heavy (non-hydrogen) atoms.